The lowest BCUT2D eigenvalue weighted by molar-refractivity contribution is -0.135. The Bertz CT molecular complexity index is 575. The van der Waals surface area contributed by atoms with Crippen molar-refractivity contribution < 1.29 is 24.2 Å². The predicted octanol–water partition coefficient (Wildman–Crippen LogP) is 1.45. The second-order valence-corrected chi connectivity index (χ2v) is 7.94. The van der Waals surface area contributed by atoms with E-state index in [0.29, 0.717) is 6.54 Å². The van der Waals surface area contributed by atoms with Gasteiger partial charge in [-0.25, -0.2) is 9.59 Å². The molecular formula is C14H20IN3O5. The largest absolute Gasteiger partial charge is 0.480 e. The maximum Gasteiger partial charge on any atom is 0.412 e. The summed E-state index contributed by atoms with van der Waals surface area (Å²) in [5.74, 6) is -1.10. The summed E-state index contributed by atoms with van der Waals surface area (Å²) >= 11 is -0.529. The molecule has 1 heterocycles. The van der Waals surface area contributed by atoms with E-state index in [0.717, 1.165) is 9.28 Å². The monoisotopic (exact) mass is 437 g/mol. The van der Waals surface area contributed by atoms with Crippen molar-refractivity contribution in [2.75, 3.05) is 13.1 Å². The van der Waals surface area contributed by atoms with E-state index in [1.54, 1.807) is 32.9 Å². The van der Waals surface area contributed by atoms with Crippen molar-refractivity contribution in [3.05, 3.63) is 21.4 Å². The third-order valence-corrected chi connectivity index (χ3v) is 4.64. The molecule has 0 aromatic heterocycles. The van der Waals surface area contributed by atoms with Gasteiger partial charge in [0.1, 0.15) is 12.1 Å². The molecule has 1 aliphatic heterocycles. The number of hydrogen-bond donors (Lipinski definition) is 4. The summed E-state index contributed by atoms with van der Waals surface area (Å²) in [5, 5.41) is 15.9. The highest BCUT2D eigenvalue weighted by Crippen LogP contribution is 2.18. The van der Waals surface area contributed by atoms with Crippen molar-refractivity contribution in [1.82, 2.24) is 16.0 Å². The zero-order chi connectivity index (χ0) is 17.5. The van der Waals surface area contributed by atoms with E-state index in [1.807, 2.05) is 4.01 Å². The van der Waals surface area contributed by atoms with Crippen LogP contribution in [0.2, 0.25) is 0 Å². The first-order chi connectivity index (χ1) is 10.7. The minimum Gasteiger partial charge on any atom is -0.480 e. The third-order valence-electron chi connectivity index (χ3n) is 2.23. The number of halogens is 1. The summed E-state index contributed by atoms with van der Waals surface area (Å²) in [6.45, 7) is 5.25. The molecule has 0 bridgehead atoms. The van der Waals surface area contributed by atoms with Gasteiger partial charge in [0.2, 0.25) is 0 Å². The van der Waals surface area contributed by atoms with Gasteiger partial charge in [-0.2, -0.15) is 0 Å². The van der Waals surface area contributed by atoms with Gasteiger partial charge >= 0.3 is 18.1 Å². The molecule has 3 amide bonds. The number of allylic oxidation sites excluding steroid dienone is 2. The molecule has 1 aliphatic rings. The second-order valence-electron chi connectivity index (χ2n) is 5.53. The number of ether oxygens (including phenoxy) is 1. The molecule has 23 heavy (non-hydrogen) atoms. The number of alkyl carbamates (subject to hydrolysis) is 1. The van der Waals surface area contributed by atoms with Crippen LogP contribution < -0.4 is 16.0 Å². The maximum absolute atomic E-state index is 11.6. The minimum atomic E-state index is -1.10. The van der Waals surface area contributed by atoms with Crippen LogP contribution in [0.25, 0.3) is 0 Å². The third kappa shape index (κ3) is 8.96. The van der Waals surface area contributed by atoms with Crippen molar-refractivity contribution in [1.29, 1.82) is 0 Å². The van der Waals surface area contributed by atoms with Crippen LogP contribution in [0.4, 0.5) is 9.59 Å². The highest BCUT2D eigenvalue weighted by Gasteiger charge is 2.16. The number of rotatable bonds is 5. The van der Waals surface area contributed by atoms with Crippen molar-refractivity contribution >= 4 is 42.8 Å². The van der Waals surface area contributed by atoms with E-state index in [-0.39, 0.29) is 0 Å². The van der Waals surface area contributed by atoms with Crippen LogP contribution in [0.3, 0.4) is 0 Å². The first-order valence-electron chi connectivity index (χ1n) is 6.76. The summed E-state index contributed by atoms with van der Waals surface area (Å²) in [5.41, 5.74) is 0.355. The number of carbonyl (C=O) groups is 3. The van der Waals surface area contributed by atoms with Gasteiger partial charge in [-0.1, -0.05) is 26.8 Å². The lowest BCUT2D eigenvalue weighted by Crippen LogP contribution is -2.39. The van der Waals surface area contributed by atoms with Gasteiger partial charge in [-0.15, -0.1) is 0 Å². The molecular weight excluding hydrogens is 417 g/mol. The molecule has 0 aliphatic carbocycles. The molecule has 8 nitrogen and oxygen atoms in total. The van der Waals surface area contributed by atoms with E-state index in [9.17, 15) is 14.4 Å². The van der Waals surface area contributed by atoms with Gasteiger partial charge in [-0.3, -0.25) is 10.1 Å². The highest BCUT2D eigenvalue weighted by atomic mass is 127. The molecule has 0 aromatic rings. The Morgan fingerprint density at radius 3 is 2.43 bits per heavy atom. The molecule has 0 aromatic carbocycles. The zero-order valence-electron chi connectivity index (χ0n) is 13.1. The topological polar surface area (TPSA) is 117 Å². The van der Waals surface area contributed by atoms with Crippen molar-refractivity contribution in [3.63, 3.8) is 0 Å². The lowest BCUT2D eigenvalue weighted by Gasteiger charge is -2.20. The number of carboxylic acid groups (broad SMARTS) is 1. The number of carboxylic acids is 1. The number of amides is 3. The Morgan fingerprint density at radius 2 is 1.91 bits per heavy atom. The Morgan fingerprint density at radius 1 is 1.22 bits per heavy atom. The summed E-state index contributed by atoms with van der Waals surface area (Å²) < 4.78 is 7.94. The SMILES string of the molecule is CC(C)(C)OC(=O)NC1=CC=C(CNC(=O)NCC(=O)O)C=I1. The normalized spacial score (nSPS) is 13.9. The first-order valence-corrected chi connectivity index (χ1v) is 9.09. The molecule has 9 heteroatoms. The predicted molar refractivity (Wildman–Crippen MR) is 94.7 cm³/mol. The van der Waals surface area contributed by atoms with Crippen LogP contribution in [0.1, 0.15) is 20.8 Å². The molecule has 0 spiro atoms. The van der Waals surface area contributed by atoms with Crippen molar-refractivity contribution in [2.45, 2.75) is 26.4 Å². The summed E-state index contributed by atoms with van der Waals surface area (Å²) in [6, 6.07) is -0.540. The smallest absolute Gasteiger partial charge is 0.412 e. The fraction of sp³-hybridized carbons (Fsp3) is 0.429. The standard InChI is InChI=1S/C14H20IN3O5/c1-14(2,3)23-13(22)18-10-5-4-9(6-15-10)7-16-12(21)17-8-11(19)20/h4-6H,7-8H2,1-3H3,(H,18,22)(H,19,20)(H2,16,17,21). The van der Waals surface area contributed by atoms with Gasteiger partial charge < -0.3 is 20.5 Å². The number of carbonyl (C=O) groups excluding carboxylic acids is 2. The lowest BCUT2D eigenvalue weighted by atomic mass is 10.2. The highest BCUT2D eigenvalue weighted by molar-refractivity contribution is 14.2. The Balaban J connectivity index is 2.40. The number of aliphatic carboxylic acids is 1. The van der Waals surface area contributed by atoms with Gasteiger partial charge in [0.15, 0.2) is 0 Å². The minimum absolute atomic E-state index is 0.293. The Hall–Kier alpha value is -1.91. The summed E-state index contributed by atoms with van der Waals surface area (Å²) in [7, 11) is 0. The molecule has 0 fully saturated rings. The van der Waals surface area contributed by atoms with Crippen LogP contribution >= 0.6 is 20.7 Å². The second kappa shape index (κ2) is 8.65. The number of urea groups is 1. The Kier molecular flexibility index (Phi) is 7.20. The molecule has 0 saturated heterocycles. The molecule has 0 unspecified atom stereocenters. The van der Waals surface area contributed by atoms with Crippen molar-refractivity contribution in [2.24, 2.45) is 0 Å². The average Bonchev–Trinajstić information content (AvgIpc) is 2.42. The summed E-state index contributed by atoms with van der Waals surface area (Å²) in [6.07, 6.45) is 3.08. The zero-order valence-corrected chi connectivity index (χ0v) is 15.3. The Labute approximate surface area is 144 Å². The fourth-order valence-corrected chi connectivity index (χ4v) is 3.28. The van der Waals surface area contributed by atoms with Crippen molar-refractivity contribution in [3.8, 4) is 0 Å². The molecule has 0 radical (unpaired) electrons. The van der Waals surface area contributed by atoms with Crippen LogP contribution in [0.15, 0.2) is 21.4 Å². The summed E-state index contributed by atoms with van der Waals surface area (Å²) in [4.78, 5) is 33.3. The van der Waals surface area contributed by atoms with E-state index in [2.05, 4.69) is 16.0 Å². The number of hydrogen-bond acceptors (Lipinski definition) is 4. The maximum atomic E-state index is 11.6. The quantitative estimate of drug-likeness (QED) is 0.384. The number of nitrogens with one attached hydrogen (secondary N) is 3. The van der Waals surface area contributed by atoms with Crippen LogP contribution in [0, 0.1) is 0 Å². The molecule has 0 atom stereocenters. The molecule has 0 saturated carbocycles. The van der Waals surface area contributed by atoms with Gasteiger partial charge in [0.25, 0.3) is 0 Å². The van der Waals surface area contributed by atoms with E-state index in [4.69, 9.17) is 9.84 Å². The van der Waals surface area contributed by atoms with Gasteiger partial charge in [-0.05, 0) is 36.4 Å². The van der Waals surface area contributed by atoms with Crippen LogP contribution in [-0.4, -0.2) is 45.9 Å². The average molecular weight is 437 g/mol. The molecule has 128 valence electrons. The van der Waals surface area contributed by atoms with E-state index >= 15 is 0 Å². The first kappa shape index (κ1) is 19.1. The van der Waals surface area contributed by atoms with Gasteiger partial charge in [0.05, 0.1) is 3.70 Å². The van der Waals surface area contributed by atoms with E-state index in [1.165, 1.54) is 0 Å². The fourth-order valence-electron chi connectivity index (χ4n) is 1.35. The van der Waals surface area contributed by atoms with Gasteiger partial charge in [0, 0.05) is 6.54 Å². The molecule has 1 rings (SSSR count). The van der Waals surface area contributed by atoms with Crippen LogP contribution in [0.5, 0.6) is 0 Å². The molecule has 4 N–H and O–H groups in total. The van der Waals surface area contributed by atoms with E-state index < -0.39 is 51.0 Å². The van der Waals surface area contributed by atoms with Crippen LogP contribution in [-0.2, 0) is 9.53 Å².